The topological polar surface area (TPSA) is 44.8 Å². The monoisotopic (exact) mass is 413 g/mol. The summed E-state index contributed by atoms with van der Waals surface area (Å²) in [5.74, 6) is 1.82. The van der Waals surface area contributed by atoms with Gasteiger partial charge in [-0.25, -0.2) is 0 Å². The molecule has 2 atom stereocenters. The van der Waals surface area contributed by atoms with Crippen molar-refractivity contribution in [2.24, 2.45) is 17.8 Å². The van der Waals surface area contributed by atoms with E-state index in [4.69, 9.17) is 0 Å². The first-order valence-electron chi connectivity index (χ1n) is 10.2. The number of benzene rings is 1. The highest BCUT2D eigenvalue weighted by Crippen LogP contribution is 2.51. The summed E-state index contributed by atoms with van der Waals surface area (Å²) in [6.45, 7) is 10.6. The number of piperidine rings is 1. The molecule has 2 unspecified atom stereocenters. The Labute approximate surface area is 170 Å². The molecule has 1 N–H and O–H groups in total. The maximum Gasteiger partial charge on any atom is 0.573 e. The van der Waals surface area contributed by atoms with Gasteiger partial charge in [0.2, 0.25) is 5.91 Å². The van der Waals surface area contributed by atoms with E-state index < -0.39 is 6.36 Å². The van der Waals surface area contributed by atoms with Crippen LogP contribution < -0.4 is 10.1 Å². The molecule has 1 aliphatic carbocycles. The van der Waals surface area contributed by atoms with Gasteiger partial charge in [-0.15, -0.1) is 13.2 Å². The Kier molecular flexibility index (Phi) is 6.73. The number of rotatable bonds is 9. The van der Waals surface area contributed by atoms with E-state index in [1.165, 1.54) is 12.1 Å². The first-order chi connectivity index (χ1) is 13.7. The highest BCUT2D eigenvalue weighted by atomic mass is 19.4. The fraction of sp³-hybridized carbons (Fsp3) is 0.667. The van der Waals surface area contributed by atoms with Crippen LogP contribution in [0.4, 0.5) is 13.2 Å². The second kappa shape index (κ2) is 8.92. The molecule has 3 rings (SSSR count). The van der Waals surface area contributed by atoms with Crippen LogP contribution in [0.1, 0.15) is 26.3 Å². The number of carbonyl (C=O) groups excluding carboxylic acids is 1. The smallest absolute Gasteiger partial charge is 0.406 e. The lowest BCUT2D eigenvalue weighted by atomic mass is 10.2. The number of nitrogens with one attached hydrogen (secondary N) is 1. The molecule has 0 spiro atoms. The van der Waals surface area contributed by atoms with Crippen molar-refractivity contribution >= 4 is 5.91 Å². The minimum absolute atomic E-state index is 0.192. The average molecular weight is 413 g/mol. The number of alkyl halides is 3. The van der Waals surface area contributed by atoms with E-state index in [-0.39, 0.29) is 17.7 Å². The molecule has 0 aromatic heterocycles. The Morgan fingerprint density at radius 3 is 2.59 bits per heavy atom. The van der Waals surface area contributed by atoms with Crippen LogP contribution in [-0.4, -0.2) is 60.8 Å². The van der Waals surface area contributed by atoms with E-state index in [0.29, 0.717) is 30.8 Å². The van der Waals surface area contributed by atoms with Crippen molar-refractivity contribution in [2.75, 3.05) is 32.7 Å². The number of fused-ring (bicyclic) bond motifs is 1. The molecular formula is C21H30F3N3O2. The fourth-order valence-electron chi connectivity index (χ4n) is 4.52. The lowest BCUT2D eigenvalue weighted by Crippen LogP contribution is -2.43. The number of halogens is 3. The highest BCUT2D eigenvalue weighted by molar-refractivity contribution is 5.78. The molecule has 2 aliphatic rings. The molecule has 1 saturated carbocycles. The summed E-state index contributed by atoms with van der Waals surface area (Å²) in [6.07, 6.45) is -4.67. The third-order valence-electron chi connectivity index (χ3n) is 5.93. The van der Waals surface area contributed by atoms with Crippen LogP contribution in [0.3, 0.4) is 0 Å². The van der Waals surface area contributed by atoms with Gasteiger partial charge in [0.25, 0.3) is 0 Å². The van der Waals surface area contributed by atoms with Gasteiger partial charge in [-0.1, -0.05) is 12.1 Å². The minimum atomic E-state index is -4.67. The van der Waals surface area contributed by atoms with Gasteiger partial charge in [0.05, 0.1) is 6.54 Å². The van der Waals surface area contributed by atoms with Crippen LogP contribution in [0, 0.1) is 17.8 Å². The molecule has 1 aromatic carbocycles. The zero-order valence-electron chi connectivity index (χ0n) is 17.2. The lowest BCUT2D eigenvalue weighted by molar-refractivity contribution is -0.274. The summed E-state index contributed by atoms with van der Waals surface area (Å²) in [6, 6.07) is 6.29. The summed E-state index contributed by atoms with van der Waals surface area (Å²) in [5, 5.41) is 3.35. The number of ether oxygens (including phenoxy) is 1. The van der Waals surface area contributed by atoms with E-state index in [1.807, 2.05) is 25.7 Å². The van der Waals surface area contributed by atoms with Crippen LogP contribution in [0.15, 0.2) is 24.3 Å². The molecule has 8 heteroatoms. The molecule has 0 radical (unpaired) electrons. The predicted molar refractivity (Wildman–Crippen MR) is 104 cm³/mol. The van der Waals surface area contributed by atoms with Gasteiger partial charge >= 0.3 is 6.36 Å². The quantitative estimate of drug-likeness (QED) is 0.676. The average Bonchev–Trinajstić information content (AvgIpc) is 3.06. The summed E-state index contributed by atoms with van der Waals surface area (Å²) >= 11 is 0. The third kappa shape index (κ3) is 5.85. The molecule has 1 aliphatic heterocycles. The van der Waals surface area contributed by atoms with Gasteiger partial charge in [0.15, 0.2) is 0 Å². The van der Waals surface area contributed by atoms with Crippen LogP contribution in [-0.2, 0) is 11.3 Å². The Balaban J connectivity index is 1.37. The summed E-state index contributed by atoms with van der Waals surface area (Å²) in [5.41, 5.74) is 0.762. The van der Waals surface area contributed by atoms with Crippen molar-refractivity contribution < 1.29 is 22.7 Å². The van der Waals surface area contributed by atoms with Gasteiger partial charge in [-0.05, 0) is 62.8 Å². The number of nitrogens with zero attached hydrogens (tertiary/aromatic N) is 2. The number of hydrogen-bond acceptors (Lipinski definition) is 4. The molecule has 1 amide bonds. The minimum Gasteiger partial charge on any atom is -0.406 e. The van der Waals surface area contributed by atoms with Gasteiger partial charge in [-0.3, -0.25) is 9.69 Å². The van der Waals surface area contributed by atoms with Crippen molar-refractivity contribution in [3.8, 4) is 5.75 Å². The maximum atomic E-state index is 12.4. The number of carbonyl (C=O) groups is 1. The van der Waals surface area contributed by atoms with Gasteiger partial charge in [-0.2, -0.15) is 0 Å². The molecule has 5 nitrogen and oxygen atoms in total. The van der Waals surface area contributed by atoms with E-state index in [1.54, 1.807) is 12.1 Å². The van der Waals surface area contributed by atoms with Crippen LogP contribution in [0.5, 0.6) is 5.75 Å². The Morgan fingerprint density at radius 2 is 2.00 bits per heavy atom. The van der Waals surface area contributed by atoms with Crippen LogP contribution in [0.2, 0.25) is 0 Å². The number of hydrogen-bond donors (Lipinski definition) is 1. The Hall–Kier alpha value is -1.80. The zero-order chi connectivity index (χ0) is 21.2. The van der Waals surface area contributed by atoms with Gasteiger partial charge in [0.1, 0.15) is 5.75 Å². The molecule has 0 bridgehead atoms. The second-order valence-corrected chi connectivity index (χ2v) is 8.29. The Morgan fingerprint density at radius 1 is 1.31 bits per heavy atom. The molecule has 29 heavy (non-hydrogen) atoms. The van der Waals surface area contributed by atoms with Crippen molar-refractivity contribution in [1.82, 2.24) is 15.1 Å². The van der Waals surface area contributed by atoms with Crippen LogP contribution >= 0.6 is 0 Å². The van der Waals surface area contributed by atoms with E-state index >= 15 is 0 Å². The molecular weight excluding hydrogens is 383 g/mol. The largest absolute Gasteiger partial charge is 0.573 e. The standard InChI is InChI=1S/C21H30F3N3O2/c1-4-27(14(2)3)20(28)13-26-11-18-17(19(18)12-26)10-25-9-15-6-5-7-16(8-15)29-21(22,23)24/h5-8,14,17-19,25H,4,9-13H2,1-3H3. The first kappa shape index (κ1) is 21.9. The van der Waals surface area contributed by atoms with E-state index in [0.717, 1.165) is 31.7 Å². The molecule has 162 valence electrons. The molecule has 2 fully saturated rings. The first-order valence-corrected chi connectivity index (χ1v) is 10.2. The SMILES string of the molecule is CCN(C(=O)CN1CC2C(CNCc3cccc(OC(F)(F)F)c3)C2C1)C(C)C. The highest BCUT2D eigenvalue weighted by Gasteiger charge is 2.55. The number of likely N-dealkylation sites (tertiary alicyclic amines) is 1. The van der Waals surface area contributed by atoms with E-state index in [9.17, 15) is 18.0 Å². The van der Waals surface area contributed by atoms with E-state index in [2.05, 4.69) is 15.0 Å². The van der Waals surface area contributed by atoms with Gasteiger partial charge < -0.3 is 15.0 Å². The third-order valence-corrected chi connectivity index (χ3v) is 5.93. The Bertz CT molecular complexity index is 699. The van der Waals surface area contributed by atoms with Crippen molar-refractivity contribution in [3.63, 3.8) is 0 Å². The van der Waals surface area contributed by atoms with Crippen molar-refractivity contribution in [2.45, 2.75) is 39.7 Å². The predicted octanol–water partition coefficient (Wildman–Crippen LogP) is 3.11. The molecule has 1 aromatic rings. The second-order valence-electron chi connectivity index (χ2n) is 8.29. The maximum absolute atomic E-state index is 12.4. The molecule has 1 saturated heterocycles. The normalized spacial score (nSPS) is 23.9. The lowest BCUT2D eigenvalue weighted by Gasteiger charge is -2.28. The van der Waals surface area contributed by atoms with Crippen molar-refractivity contribution in [1.29, 1.82) is 0 Å². The summed E-state index contributed by atoms with van der Waals surface area (Å²) < 4.78 is 40.9. The molecule has 1 heterocycles. The zero-order valence-corrected chi connectivity index (χ0v) is 17.2. The van der Waals surface area contributed by atoms with Crippen LogP contribution in [0.25, 0.3) is 0 Å². The van der Waals surface area contributed by atoms with Gasteiger partial charge in [0, 0.05) is 32.2 Å². The number of likely N-dealkylation sites (N-methyl/N-ethyl adjacent to an activating group) is 1. The summed E-state index contributed by atoms with van der Waals surface area (Å²) in [7, 11) is 0. The summed E-state index contributed by atoms with van der Waals surface area (Å²) in [4.78, 5) is 16.6. The number of amides is 1. The fourth-order valence-corrected chi connectivity index (χ4v) is 4.52. The van der Waals surface area contributed by atoms with Crippen molar-refractivity contribution in [3.05, 3.63) is 29.8 Å².